The van der Waals surface area contributed by atoms with Crippen LogP contribution in [0.2, 0.25) is 0 Å². The number of rotatable bonds is 11. The molecule has 0 saturated heterocycles. The Hall–Kier alpha value is -3.14. The monoisotopic (exact) mass is 408 g/mol. The first-order chi connectivity index (χ1) is 13.5. The van der Waals surface area contributed by atoms with Crippen LogP contribution in [0, 0.1) is 5.92 Å². The number of phenols is 1. The molecule has 29 heavy (non-hydrogen) atoms. The standard InChI is InChI=1S/C19H28N4O6/c1-10(2)16(21)18(27)22-13(7-8-15(20)25)17(26)23-14(19(28)29)9-11-3-5-12(24)6-4-11/h3-6,10,13-14,16,24H,7-9,21H2,1-2H3,(H2,20,25)(H,22,27)(H,23,26)(H,28,29). The van der Waals surface area contributed by atoms with Crippen LogP contribution >= 0.6 is 0 Å². The molecule has 0 aliphatic heterocycles. The molecule has 0 aliphatic carbocycles. The van der Waals surface area contributed by atoms with E-state index in [4.69, 9.17) is 11.5 Å². The van der Waals surface area contributed by atoms with Gasteiger partial charge in [0, 0.05) is 12.8 Å². The summed E-state index contributed by atoms with van der Waals surface area (Å²) in [6.07, 6.45) is -0.308. The summed E-state index contributed by atoms with van der Waals surface area (Å²) >= 11 is 0. The molecule has 0 spiro atoms. The minimum absolute atomic E-state index is 0.0281. The van der Waals surface area contributed by atoms with Gasteiger partial charge in [0.25, 0.3) is 0 Å². The molecule has 3 unspecified atom stereocenters. The van der Waals surface area contributed by atoms with Gasteiger partial charge in [0.05, 0.1) is 6.04 Å². The summed E-state index contributed by atoms with van der Waals surface area (Å²) < 4.78 is 0. The van der Waals surface area contributed by atoms with Gasteiger partial charge in [-0.25, -0.2) is 4.79 Å². The molecule has 8 N–H and O–H groups in total. The number of phenolic OH excluding ortho intramolecular Hbond substituents is 1. The lowest BCUT2D eigenvalue weighted by molar-refractivity contribution is -0.142. The van der Waals surface area contributed by atoms with Gasteiger partial charge in [0.2, 0.25) is 17.7 Å². The highest BCUT2D eigenvalue weighted by Crippen LogP contribution is 2.12. The van der Waals surface area contributed by atoms with Crippen molar-refractivity contribution in [2.75, 3.05) is 0 Å². The van der Waals surface area contributed by atoms with Gasteiger partial charge >= 0.3 is 5.97 Å². The van der Waals surface area contributed by atoms with Crippen LogP contribution in [0.5, 0.6) is 5.75 Å². The number of primary amides is 1. The van der Waals surface area contributed by atoms with E-state index in [1.807, 2.05) is 0 Å². The summed E-state index contributed by atoms with van der Waals surface area (Å²) in [6.45, 7) is 3.47. The second-order valence-corrected chi connectivity index (χ2v) is 7.11. The molecular formula is C19H28N4O6. The van der Waals surface area contributed by atoms with E-state index in [1.165, 1.54) is 24.3 Å². The molecule has 3 atom stereocenters. The zero-order chi connectivity index (χ0) is 22.1. The van der Waals surface area contributed by atoms with E-state index in [2.05, 4.69) is 10.6 Å². The number of carboxylic acids is 1. The van der Waals surface area contributed by atoms with Crippen LogP contribution in [0.25, 0.3) is 0 Å². The minimum atomic E-state index is -1.28. The van der Waals surface area contributed by atoms with Crippen LogP contribution in [0.15, 0.2) is 24.3 Å². The Bertz CT molecular complexity index is 735. The molecule has 160 valence electrons. The number of hydrogen-bond donors (Lipinski definition) is 6. The van der Waals surface area contributed by atoms with E-state index in [1.54, 1.807) is 13.8 Å². The number of nitrogens with two attached hydrogens (primary N) is 2. The average Bonchev–Trinajstić information content (AvgIpc) is 2.64. The van der Waals surface area contributed by atoms with Gasteiger partial charge in [-0.05, 0) is 30.0 Å². The van der Waals surface area contributed by atoms with E-state index in [-0.39, 0.29) is 30.9 Å². The highest BCUT2D eigenvalue weighted by Gasteiger charge is 2.29. The number of hydrogen-bond acceptors (Lipinski definition) is 6. The fraction of sp³-hybridized carbons (Fsp3) is 0.474. The maximum absolute atomic E-state index is 12.6. The molecule has 10 nitrogen and oxygen atoms in total. The van der Waals surface area contributed by atoms with E-state index >= 15 is 0 Å². The fourth-order valence-electron chi connectivity index (χ4n) is 2.47. The summed E-state index contributed by atoms with van der Waals surface area (Å²) in [5.41, 5.74) is 11.5. The van der Waals surface area contributed by atoms with Crippen molar-refractivity contribution in [3.63, 3.8) is 0 Å². The third kappa shape index (κ3) is 8.18. The van der Waals surface area contributed by atoms with Crippen molar-refractivity contribution in [1.82, 2.24) is 10.6 Å². The van der Waals surface area contributed by atoms with E-state index in [9.17, 15) is 29.4 Å². The quantitative estimate of drug-likeness (QED) is 0.278. The largest absolute Gasteiger partial charge is 0.508 e. The van der Waals surface area contributed by atoms with E-state index < -0.39 is 41.8 Å². The van der Waals surface area contributed by atoms with Crippen molar-refractivity contribution < 1.29 is 29.4 Å². The fourth-order valence-corrected chi connectivity index (χ4v) is 2.47. The Labute approximate surface area is 168 Å². The predicted octanol–water partition coefficient (Wildman–Crippen LogP) is -0.762. The van der Waals surface area contributed by atoms with Crippen molar-refractivity contribution in [2.45, 2.75) is 51.2 Å². The first-order valence-electron chi connectivity index (χ1n) is 9.16. The van der Waals surface area contributed by atoms with Gasteiger partial charge in [0.1, 0.15) is 17.8 Å². The Morgan fingerprint density at radius 1 is 1.00 bits per heavy atom. The Balaban J connectivity index is 2.90. The first kappa shape index (κ1) is 23.9. The molecule has 10 heteroatoms. The normalized spacial score (nSPS) is 13.9. The Kier molecular flexibility index (Phi) is 9.07. The van der Waals surface area contributed by atoms with Gasteiger partial charge in [-0.2, -0.15) is 0 Å². The van der Waals surface area contributed by atoms with Gasteiger partial charge in [-0.1, -0.05) is 26.0 Å². The second kappa shape index (κ2) is 11.0. The Morgan fingerprint density at radius 3 is 2.03 bits per heavy atom. The Morgan fingerprint density at radius 2 is 1.55 bits per heavy atom. The lowest BCUT2D eigenvalue weighted by atomic mass is 10.0. The zero-order valence-electron chi connectivity index (χ0n) is 16.4. The number of carbonyl (C=O) groups excluding carboxylic acids is 3. The number of amides is 3. The van der Waals surface area contributed by atoms with Crippen LogP contribution in [0.4, 0.5) is 0 Å². The maximum atomic E-state index is 12.6. The summed E-state index contributed by atoms with van der Waals surface area (Å²) in [7, 11) is 0. The molecule has 0 fully saturated rings. The molecule has 0 bridgehead atoms. The van der Waals surface area contributed by atoms with Crippen molar-refractivity contribution in [2.24, 2.45) is 17.4 Å². The second-order valence-electron chi connectivity index (χ2n) is 7.11. The van der Waals surface area contributed by atoms with E-state index in [0.717, 1.165) is 0 Å². The topological polar surface area (TPSA) is 185 Å². The van der Waals surface area contributed by atoms with Crippen molar-refractivity contribution in [3.05, 3.63) is 29.8 Å². The van der Waals surface area contributed by atoms with Crippen molar-refractivity contribution >= 4 is 23.7 Å². The van der Waals surface area contributed by atoms with E-state index in [0.29, 0.717) is 5.56 Å². The highest BCUT2D eigenvalue weighted by molar-refractivity contribution is 5.92. The van der Waals surface area contributed by atoms with Crippen molar-refractivity contribution in [3.8, 4) is 5.75 Å². The molecule has 0 saturated carbocycles. The number of nitrogens with one attached hydrogen (secondary N) is 2. The molecule has 0 heterocycles. The minimum Gasteiger partial charge on any atom is -0.508 e. The lowest BCUT2D eigenvalue weighted by Gasteiger charge is -2.23. The summed E-state index contributed by atoms with van der Waals surface area (Å²) in [4.78, 5) is 47.5. The molecule has 3 amide bonds. The molecule has 0 aliphatic rings. The number of benzene rings is 1. The average molecular weight is 408 g/mol. The van der Waals surface area contributed by atoms with Gasteiger partial charge in [-0.15, -0.1) is 0 Å². The smallest absolute Gasteiger partial charge is 0.326 e. The van der Waals surface area contributed by atoms with Crippen molar-refractivity contribution in [1.29, 1.82) is 0 Å². The van der Waals surface area contributed by atoms with Crippen LogP contribution in [-0.4, -0.2) is 52.0 Å². The third-order valence-electron chi connectivity index (χ3n) is 4.32. The van der Waals surface area contributed by atoms with Crippen LogP contribution in [-0.2, 0) is 25.6 Å². The predicted molar refractivity (Wildman–Crippen MR) is 105 cm³/mol. The summed E-state index contributed by atoms with van der Waals surface area (Å²) in [6, 6.07) is 2.56. The number of carbonyl (C=O) groups is 4. The van der Waals surface area contributed by atoms with Crippen LogP contribution in [0.1, 0.15) is 32.3 Å². The SMILES string of the molecule is CC(C)C(N)C(=O)NC(CCC(N)=O)C(=O)NC(Cc1ccc(O)cc1)C(=O)O. The van der Waals surface area contributed by atoms with Gasteiger partial charge in [-0.3, -0.25) is 14.4 Å². The molecule has 0 radical (unpaired) electrons. The number of carboxylic acid groups (broad SMARTS) is 1. The maximum Gasteiger partial charge on any atom is 0.326 e. The molecular weight excluding hydrogens is 380 g/mol. The van der Waals surface area contributed by atoms with Gasteiger partial charge in [0.15, 0.2) is 0 Å². The van der Waals surface area contributed by atoms with Crippen LogP contribution in [0.3, 0.4) is 0 Å². The molecule has 0 aromatic heterocycles. The number of aliphatic carboxylic acids is 1. The first-order valence-corrected chi connectivity index (χ1v) is 9.16. The zero-order valence-corrected chi connectivity index (χ0v) is 16.4. The molecule has 1 aromatic carbocycles. The molecule has 1 rings (SSSR count). The van der Waals surface area contributed by atoms with Gasteiger partial charge < -0.3 is 32.3 Å². The summed E-state index contributed by atoms with van der Waals surface area (Å²) in [5.74, 6) is -3.44. The highest BCUT2D eigenvalue weighted by atomic mass is 16.4. The number of aromatic hydroxyl groups is 1. The van der Waals surface area contributed by atoms with Crippen LogP contribution < -0.4 is 22.1 Å². The summed E-state index contributed by atoms with van der Waals surface area (Å²) in [5, 5.41) is 23.6. The molecule has 1 aromatic rings. The third-order valence-corrected chi connectivity index (χ3v) is 4.32. The lowest BCUT2D eigenvalue weighted by Crippen LogP contribution is -2.55.